The lowest BCUT2D eigenvalue weighted by molar-refractivity contribution is 0.102. The number of nitrogens with one attached hydrogen (secondary N) is 1. The summed E-state index contributed by atoms with van der Waals surface area (Å²) in [5, 5.41) is 2.95. The third-order valence-electron chi connectivity index (χ3n) is 3.58. The van der Waals surface area contributed by atoms with E-state index in [4.69, 9.17) is 0 Å². The number of carbonyl (C=O) groups excluding carboxylic acids is 1. The SMILES string of the molecule is CC(C)CCSc1nc2ccc(NC(=O)c3ccccc3)cc2s1. The van der Waals surface area contributed by atoms with Gasteiger partial charge in [-0.15, -0.1) is 11.3 Å². The van der Waals surface area contributed by atoms with Crippen molar-refractivity contribution < 1.29 is 4.79 Å². The Hall–Kier alpha value is -1.85. The molecule has 0 bridgehead atoms. The summed E-state index contributed by atoms with van der Waals surface area (Å²) in [7, 11) is 0. The molecular weight excluding hydrogens is 336 g/mol. The van der Waals surface area contributed by atoms with Gasteiger partial charge in [0.2, 0.25) is 0 Å². The minimum Gasteiger partial charge on any atom is -0.322 e. The van der Waals surface area contributed by atoms with Crippen molar-refractivity contribution in [2.24, 2.45) is 5.92 Å². The van der Waals surface area contributed by atoms with Crippen LogP contribution in [0.25, 0.3) is 10.2 Å². The monoisotopic (exact) mass is 356 g/mol. The predicted octanol–water partition coefficient (Wildman–Crippen LogP) is 5.69. The molecule has 3 rings (SSSR count). The molecule has 0 saturated carbocycles. The number of benzene rings is 2. The standard InChI is InChI=1S/C19H20N2OS2/c1-13(2)10-11-23-19-21-16-9-8-15(12-17(16)24-19)20-18(22)14-6-4-3-5-7-14/h3-9,12-13H,10-11H2,1-2H3,(H,20,22). The van der Waals surface area contributed by atoms with Gasteiger partial charge in [-0.25, -0.2) is 4.98 Å². The molecule has 5 heteroatoms. The number of amides is 1. The number of hydrogen-bond acceptors (Lipinski definition) is 4. The molecule has 0 spiro atoms. The van der Waals surface area contributed by atoms with Crippen molar-refractivity contribution in [3.05, 3.63) is 54.1 Å². The van der Waals surface area contributed by atoms with Crippen molar-refractivity contribution in [1.29, 1.82) is 0 Å². The average Bonchev–Trinajstić information content (AvgIpc) is 2.97. The molecule has 0 aliphatic heterocycles. The summed E-state index contributed by atoms with van der Waals surface area (Å²) in [6.45, 7) is 4.47. The minimum absolute atomic E-state index is 0.0917. The fourth-order valence-electron chi connectivity index (χ4n) is 2.22. The fourth-order valence-corrected chi connectivity index (χ4v) is 4.64. The van der Waals surface area contributed by atoms with Crippen molar-refractivity contribution in [3.63, 3.8) is 0 Å². The first-order chi connectivity index (χ1) is 11.6. The zero-order chi connectivity index (χ0) is 16.9. The van der Waals surface area contributed by atoms with Gasteiger partial charge in [0.05, 0.1) is 10.2 Å². The van der Waals surface area contributed by atoms with Gasteiger partial charge < -0.3 is 5.32 Å². The summed E-state index contributed by atoms with van der Waals surface area (Å²) >= 11 is 3.50. The van der Waals surface area contributed by atoms with Crippen LogP contribution in [0.15, 0.2) is 52.9 Å². The first-order valence-corrected chi connectivity index (χ1v) is 9.82. The van der Waals surface area contributed by atoms with Gasteiger partial charge in [0.25, 0.3) is 5.91 Å². The highest BCUT2D eigenvalue weighted by Gasteiger charge is 2.09. The first kappa shape index (κ1) is 17.0. The fraction of sp³-hybridized carbons (Fsp3) is 0.263. The van der Waals surface area contributed by atoms with E-state index >= 15 is 0 Å². The molecule has 0 aliphatic carbocycles. The van der Waals surface area contributed by atoms with E-state index in [-0.39, 0.29) is 5.91 Å². The van der Waals surface area contributed by atoms with Crippen LogP contribution in [0.4, 0.5) is 5.69 Å². The van der Waals surface area contributed by atoms with Gasteiger partial charge in [-0.1, -0.05) is 43.8 Å². The third kappa shape index (κ3) is 4.36. The number of carbonyl (C=O) groups is 1. The molecule has 3 aromatic rings. The van der Waals surface area contributed by atoms with Crippen LogP contribution < -0.4 is 5.32 Å². The molecule has 124 valence electrons. The quantitative estimate of drug-likeness (QED) is 0.577. The Bertz CT molecular complexity index is 828. The van der Waals surface area contributed by atoms with Gasteiger partial charge in [-0.05, 0) is 42.7 Å². The van der Waals surface area contributed by atoms with E-state index in [9.17, 15) is 4.79 Å². The smallest absolute Gasteiger partial charge is 0.255 e. The number of hydrogen-bond donors (Lipinski definition) is 1. The second kappa shape index (κ2) is 7.81. The van der Waals surface area contributed by atoms with Crippen LogP contribution >= 0.6 is 23.1 Å². The Morgan fingerprint density at radius 3 is 2.75 bits per heavy atom. The largest absolute Gasteiger partial charge is 0.322 e. The van der Waals surface area contributed by atoms with E-state index < -0.39 is 0 Å². The lowest BCUT2D eigenvalue weighted by Crippen LogP contribution is -2.11. The molecule has 0 fully saturated rings. The van der Waals surface area contributed by atoms with Crippen LogP contribution in [-0.2, 0) is 0 Å². The van der Waals surface area contributed by atoms with E-state index in [2.05, 4.69) is 24.1 Å². The van der Waals surface area contributed by atoms with E-state index in [0.29, 0.717) is 11.5 Å². The second-order valence-corrected chi connectivity index (χ2v) is 8.39. The molecule has 0 aliphatic rings. The molecule has 0 atom stereocenters. The molecule has 3 nitrogen and oxygen atoms in total. The normalized spacial score (nSPS) is 11.1. The van der Waals surface area contributed by atoms with Crippen molar-refractivity contribution in [3.8, 4) is 0 Å². The molecule has 1 aromatic heterocycles. The number of rotatable bonds is 6. The van der Waals surface area contributed by atoms with Gasteiger partial charge in [-0.2, -0.15) is 0 Å². The third-order valence-corrected chi connectivity index (χ3v) is 5.78. The molecule has 0 radical (unpaired) electrons. The molecule has 0 saturated heterocycles. The van der Waals surface area contributed by atoms with Gasteiger partial charge in [0.15, 0.2) is 4.34 Å². The number of nitrogens with zero attached hydrogens (tertiary/aromatic N) is 1. The number of thioether (sulfide) groups is 1. The Balaban J connectivity index is 1.70. The zero-order valence-electron chi connectivity index (χ0n) is 13.8. The van der Waals surface area contributed by atoms with Crippen LogP contribution in [0.1, 0.15) is 30.6 Å². The van der Waals surface area contributed by atoms with Gasteiger partial charge in [-0.3, -0.25) is 4.79 Å². The van der Waals surface area contributed by atoms with Crippen molar-refractivity contribution in [1.82, 2.24) is 4.98 Å². The number of aromatic nitrogens is 1. The highest BCUT2D eigenvalue weighted by Crippen LogP contribution is 2.32. The van der Waals surface area contributed by atoms with Gasteiger partial charge in [0, 0.05) is 17.0 Å². The highest BCUT2D eigenvalue weighted by molar-refractivity contribution is 8.01. The number of fused-ring (bicyclic) bond motifs is 1. The van der Waals surface area contributed by atoms with Crippen LogP contribution in [-0.4, -0.2) is 16.6 Å². The summed E-state index contributed by atoms with van der Waals surface area (Å²) in [5.74, 6) is 1.72. The molecule has 24 heavy (non-hydrogen) atoms. The highest BCUT2D eigenvalue weighted by atomic mass is 32.2. The topological polar surface area (TPSA) is 42.0 Å². The van der Waals surface area contributed by atoms with Crippen LogP contribution in [0.3, 0.4) is 0 Å². The van der Waals surface area contributed by atoms with E-state index in [1.54, 1.807) is 11.3 Å². The maximum absolute atomic E-state index is 12.2. The van der Waals surface area contributed by atoms with Crippen molar-refractivity contribution in [2.45, 2.75) is 24.6 Å². The Labute approximate surface area is 150 Å². The predicted molar refractivity (Wildman–Crippen MR) is 104 cm³/mol. The van der Waals surface area contributed by atoms with Crippen LogP contribution in [0, 0.1) is 5.92 Å². The Morgan fingerprint density at radius 2 is 2.00 bits per heavy atom. The molecule has 0 unspecified atom stereocenters. The maximum Gasteiger partial charge on any atom is 0.255 e. The summed E-state index contributed by atoms with van der Waals surface area (Å²) < 4.78 is 2.20. The Morgan fingerprint density at radius 1 is 1.21 bits per heavy atom. The Kier molecular flexibility index (Phi) is 5.53. The zero-order valence-corrected chi connectivity index (χ0v) is 15.4. The lowest BCUT2D eigenvalue weighted by atomic mass is 10.2. The van der Waals surface area contributed by atoms with Crippen molar-refractivity contribution in [2.75, 3.05) is 11.1 Å². The van der Waals surface area contributed by atoms with Gasteiger partial charge >= 0.3 is 0 Å². The number of anilines is 1. The second-order valence-electron chi connectivity index (χ2n) is 6.01. The number of thiazole rings is 1. The molecule has 2 aromatic carbocycles. The van der Waals surface area contributed by atoms with E-state index in [1.807, 2.05) is 60.3 Å². The molecular formula is C19H20N2OS2. The minimum atomic E-state index is -0.0917. The molecule has 1 N–H and O–H groups in total. The van der Waals surface area contributed by atoms with Crippen LogP contribution in [0.2, 0.25) is 0 Å². The summed E-state index contributed by atoms with van der Waals surface area (Å²) in [6.07, 6.45) is 1.19. The van der Waals surface area contributed by atoms with Crippen LogP contribution in [0.5, 0.6) is 0 Å². The average molecular weight is 357 g/mol. The molecule has 1 amide bonds. The maximum atomic E-state index is 12.2. The summed E-state index contributed by atoms with van der Waals surface area (Å²) in [4.78, 5) is 16.9. The first-order valence-electron chi connectivity index (χ1n) is 8.01. The van der Waals surface area contributed by atoms with Gasteiger partial charge in [0.1, 0.15) is 0 Å². The van der Waals surface area contributed by atoms with E-state index in [1.165, 1.54) is 6.42 Å². The van der Waals surface area contributed by atoms with Crippen molar-refractivity contribution >= 4 is 44.9 Å². The van der Waals surface area contributed by atoms with E-state index in [0.717, 1.165) is 26.0 Å². The summed E-state index contributed by atoms with van der Waals surface area (Å²) in [5.41, 5.74) is 2.45. The summed E-state index contributed by atoms with van der Waals surface area (Å²) in [6, 6.07) is 15.1. The lowest BCUT2D eigenvalue weighted by Gasteiger charge is -2.04. The molecule has 1 heterocycles.